The van der Waals surface area contributed by atoms with Crippen LogP contribution in [0, 0.1) is 6.92 Å². The van der Waals surface area contributed by atoms with Crippen LogP contribution in [-0.2, 0) is 5.88 Å². The van der Waals surface area contributed by atoms with Crippen molar-refractivity contribution in [2.24, 2.45) is 0 Å². The van der Waals surface area contributed by atoms with Crippen molar-refractivity contribution in [3.8, 4) is 0 Å². The molecule has 1 heterocycles. The molecule has 2 aromatic rings. The number of hydrogen-bond donors (Lipinski definition) is 0. The zero-order valence-electron chi connectivity index (χ0n) is 10.3. The molecule has 0 saturated carbocycles. The van der Waals surface area contributed by atoms with Crippen LogP contribution in [0.2, 0.25) is 5.02 Å². The molecule has 0 saturated heterocycles. The van der Waals surface area contributed by atoms with Crippen molar-refractivity contribution in [1.82, 2.24) is 4.98 Å². The number of para-hydroxylation sites is 1. The molecule has 94 valence electrons. The second-order valence-corrected chi connectivity index (χ2v) is 4.75. The number of anilines is 2. The number of nitrogens with zero attached hydrogens (tertiary/aromatic N) is 2. The molecule has 0 fully saturated rings. The molecule has 0 bridgehead atoms. The highest BCUT2D eigenvalue weighted by Gasteiger charge is 2.10. The van der Waals surface area contributed by atoms with Crippen LogP contribution in [0.1, 0.15) is 11.3 Å². The maximum Gasteiger partial charge on any atom is 0.133 e. The maximum absolute atomic E-state index is 6.01. The van der Waals surface area contributed by atoms with Gasteiger partial charge in [0.1, 0.15) is 5.82 Å². The van der Waals surface area contributed by atoms with E-state index in [2.05, 4.69) is 24.0 Å². The van der Waals surface area contributed by atoms with E-state index in [9.17, 15) is 0 Å². The normalized spacial score (nSPS) is 10.4. The molecule has 0 radical (unpaired) electrons. The van der Waals surface area contributed by atoms with Gasteiger partial charge in [-0.3, -0.25) is 0 Å². The molecular formula is C14H14Cl2N2. The lowest BCUT2D eigenvalue weighted by Crippen LogP contribution is -2.13. The first-order valence-corrected chi connectivity index (χ1v) is 6.55. The van der Waals surface area contributed by atoms with E-state index >= 15 is 0 Å². The lowest BCUT2D eigenvalue weighted by Gasteiger charge is -2.21. The Morgan fingerprint density at radius 1 is 1.17 bits per heavy atom. The van der Waals surface area contributed by atoms with Gasteiger partial charge >= 0.3 is 0 Å². The quantitative estimate of drug-likeness (QED) is 0.767. The van der Waals surface area contributed by atoms with E-state index in [1.807, 2.05) is 36.2 Å². The van der Waals surface area contributed by atoms with Crippen LogP contribution in [0.3, 0.4) is 0 Å². The van der Waals surface area contributed by atoms with Crippen LogP contribution in [0.4, 0.5) is 11.5 Å². The number of aromatic nitrogens is 1. The number of alkyl halides is 1. The Kier molecular flexibility index (Phi) is 4.10. The molecule has 2 rings (SSSR count). The standard InChI is InChI=1S/C14H14Cl2N2/c1-10-5-3-4-6-13(10)18(2)14-8-7-11(16)12(9-15)17-14/h3-8H,9H2,1-2H3. The van der Waals surface area contributed by atoms with E-state index in [0.717, 1.165) is 11.5 Å². The van der Waals surface area contributed by atoms with Crippen LogP contribution in [0.25, 0.3) is 0 Å². The molecule has 0 aliphatic carbocycles. The lowest BCUT2D eigenvalue weighted by molar-refractivity contribution is 1.07. The van der Waals surface area contributed by atoms with Crippen LogP contribution < -0.4 is 4.90 Å². The molecule has 0 atom stereocenters. The SMILES string of the molecule is Cc1ccccc1N(C)c1ccc(Cl)c(CCl)n1. The fourth-order valence-electron chi connectivity index (χ4n) is 1.82. The van der Waals surface area contributed by atoms with E-state index in [-0.39, 0.29) is 0 Å². The van der Waals surface area contributed by atoms with E-state index in [1.54, 1.807) is 0 Å². The van der Waals surface area contributed by atoms with E-state index < -0.39 is 0 Å². The first-order chi connectivity index (χ1) is 8.63. The highest BCUT2D eigenvalue weighted by Crippen LogP contribution is 2.27. The Bertz CT molecular complexity index is 555. The lowest BCUT2D eigenvalue weighted by atomic mass is 10.2. The van der Waals surface area contributed by atoms with Crippen LogP contribution in [-0.4, -0.2) is 12.0 Å². The summed E-state index contributed by atoms with van der Waals surface area (Å²) in [5.41, 5.74) is 3.02. The van der Waals surface area contributed by atoms with Gasteiger partial charge in [-0.25, -0.2) is 4.98 Å². The fraction of sp³-hybridized carbons (Fsp3) is 0.214. The molecule has 2 nitrogen and oxygen atoms in total. The monoisotopic (exact) mass is 280 g/mol. The Morgan fingerprint density at radius 3 is 2.56 bits per heavy atom. The van der Waals surface area contributed by atoms with Crippen LogP contribution in [0.15, 0.2) is 36.4 Å². The highest BCUT2D eigenvalue weighted by molar-refractivity contribution is 6.32. The summed E-state index contributed by atoms with van der Waals surface area (Å²) in [4.78, 5) is 6.50. The molecule has 0 spiro atoms. The summed E-state index contributed by atoms with van der Waals surface area (Å²) in [7, 11) is 1.98. The summed E-state index contributed by atoms with van der Waals surface area (Å²) in [6.07, 6.45) is 0. The van der Waals surface area contributed by atoms with Crippen LogP contribution in [0.5, 0.6) is 0 Å². The first-order valence-electron chi connectivity index (χ1n) is 5.64. The maximum atomic E-state index is 6.01. The minimum Gasteiger partial charge on any atom is -0.329 e. The highest BCUT2D eigenvalue weighted by atomic mass is 35.5. The zero-order chi connectivity index (χ0) is 13.1. The van der Waals surface area contributed by atoms with Crippen molar-refractivity contribution >= 4 is 34.7 Å². The molecule has 0 amide bonds. The van der Waals surface area contributed by atoms with E-state index in [1.165, 1.54) is 5.56 Å². The summed E-state index contributed by atoms with van der Waals surface area (Å²) < 4.78 is 0. The Labute approximate surface area is 117 Å². The molecule has 0 aliphatic rings. The topological polar surface area (TPSA) is 16.1 Å². The smallest absolute Gasteiger partial charge is 0.133 e. The predicted octanol–water partition coefficient (Wildman–Crippen LogP) is 4.55. The third-order valence-corrected chi connectivity index (χ3v) is 3.45. The molecule has 0 unspecified atom stereocenters. The van der Waals surface area contributed by atoms with Crippen molar-refractivity contribution in [2.75, 3.05) is 11.9 Å². The third-order valence-electron chi connectivity index (χ3n) is 2.85. The number of hydrogen-bond acceptors (Lipinski definition) is 2. The van der Waals surface area contributed by atoms with Gasteiger partial charge in [-0.15, -0.1) is 11.6 Å². The number of aryl methyl sites for hydroxylation is 1. The molecule has 4 heteroatoms. The summed E-state index contributed by atoms with van der Waals surface area (Å²) in [6, 6.07) is 11.9. The zero-order valence-corrected chi connectivity index (χ0v) is 11.8. The van der Waals surface area contributed by atoms with Gasteiger partial charge in [-0.1, -0.05) is 29.8 Å². The van der Waals surface area contributed by atoms with Gasteiger partial charge < -0.3 is 4.90 Å². The first kappa shape index (κ1) is 13.2. The van der Waals surface area contributed by atoms with E-state index in [4.69, 9.17) is 23.2 Å². The average Bonchev–Trinajstić information content (AvgIpc) is 2.39. The Morgan fingerprint density at radius 2 is 1.89 bits per heavy atom. The Hall–Kier alpha value is -1.25. The van der Waals surface area contributed by atoms with Crippen molar-refractivity contribution in [1.29, 1.82) is 0 Å². The third kappa shape index (κ3) is 2.60. The van der Waals surface area contributed by atoms with E-state index in [0.29, 0.717) is 16.6 Å². The van der Waals surface area contributed by atoms with Gasteiger partial charge in [-0.05, 0) is 30.7 Å². The summed E-state index contributed by atoms with van der Waals surface area (Å²) in [6.45, 7) is 2.07. The minimum atomic E-state index is 0.314. The van der Waals surface area contributed by atoms with Gasteiger partial charge in [0.15, 0.2) is 0 Å². The van der Waals surface area contributed by atoms with Crippen LogP contribution >= 0.6 is 23.2 Å². The second kappa shape index (κ2) is 5.59. The number of rotatable bonds is 3. The molecule has 0 N–H and O–H groups in total. The molecule has 1 aromatic carbocycles. The Balaban J connectivity index is 2.40. The molecule has 18 heavy (non-hydrogen) atoms. The van der Waals surface area contributed by atoms with Crippen molar-refractivity contribution in [3.63, 3.8) is 0 Å². The predicted molar refractivity (Wildman–Crippen MR) is 78.0 cm³/mol. The minimum absolute atomic E-state index is 0.314. The molecular weight excluding hydrogens is 267 g/mol. The van der Waals surface area contributed by atoms with Gasteiger partial charge in [0.2, 0.25) is 0 Å². The number of halogens is 2. The summed E-state index contributed by atoms with van der Waals surface area (Å²) in [5.74, 6) is 1.15. The second-order valence-electron chi connectivity index (χ2n) is 4.08. The van der Waals surface area contributed by atoms with Gasteiger partial charge in [0.25, 0.3) is 0 Å². The van der Waals surface area contributed by atoms with Crippen molar-refractivity contribution in [3.05, 3.63) is 52.7 Å². The largest absolute Gasteiger partial charge is 0.329 e. The van der Waals surface area contributed by atoms with Gasteiger partial charge in [-0.2, -0.15) is 0 Å². The summed E-state index contributed by atoms with van der Waals surface area (Å²) >= 11 is 11.8. The summed E-state index contributed by atoms with van der Waals surface area (Å²) in [5, 5.41) is 0.604. The average molecular weight is 281 g/mol. The van der Waals surface area contributed by atoms with Crippen molar-refractivity contribution < 1.29 is 0 Å². The molecule has 0 aliphatic heterocycles. The van der Waals surface area contributed by atoms with Gasteiger partial charge in [0.05, 0.1) is 16.6 Å². The van der Waals surface area contributed by atoms with Crippen molar-refractivity contribution in [2.45, 2.75) is 12.8 Å². The fourth-order valence-corrected chi connectivity index (χ4v) is 2.26. The number of pyridine rings is 1. The van der Waals surface area contributed by atoms with Gasteiger partial charge in [0, 0.05) is 12.7 Å². The molecule has 1 aromatic heterocycles. The number of benzene rings is 1.